The van der Waals surface area contributed by atoms with Gasteiger partial charge in [0.15, 0.2) is 5.82 Å². The Morgan fingerprint density at radius 3 is 2.50 bits per heavy atom. The van der Waals surface area contributed by atoms with Gasteiger partial charge >= 0.3 is 11.9 Å². The van der Waals surface area contributed by atoms with Gasteiger partial charge in [0.1, 0.15) is 0 Å². The summed E-state index contributed by atoms with van der Waals surface area (Å²) >= 11 is 0. The fourth-order valence-corrected chi connectivity index (χ4v) is 3.23. The fraction of sp³-hybridized carbons (Fsp3) is 0.286. The maximum atomic E-state index is 13.1. The van der Waals surface area contributed by atoms with E-state index in [9.17, 15) is 22.8 Å². The molecule has 1 heterocycles. The molecule has 0 radical (unpaired) electrons. The van der Waals surface area contributed by atoms with Crippen molar-refractivity contribution >= 4 is 5.91 Å². The molecule has 1 aliphatic rings. The SMILES string of the molecule is O=C(NCCn1nc(-c2cccc(C(F)(F)F)c2)n(C2CC2)c1=O)c1ccccc1. The zero-order valence-electron chi connectivity index (χ0n) is 15.9. The van der Waals surface area contributed by atoms with Gasteiger partial charge in [0.05, 0.1) is 12.1 Å². The van der Waals surface area contributed by atoms with E-state index in [1.165, 1.54) is 21.4 Å². The van der Waals surface area contributed by atoms with Gasteiger partial charge in [0.2, 0.25) is 0 Å². The van der Waals surface area contributed by atoms with Crippen LogP contribution in [-0.2, 0) is 12.7 Å². The average molecular weight is 416 g/mol. The molecule has 0 unspecified atom stereocenters. The number of hydrogen-bond acceptors (Lipinski definition) is 3. The summed E-state index contributed by atoms with van der Waals surface area (Å²) in [5.74, 6) is -0.0636. The number of aromatic nitrogens is 3. The van der Waals surface area contributed by atoms with Crippen molar-refractivity contribution in [1.82, 2.24) is 19.7 Å². The predicted molar refractivity (Wildman–Crippen MR) is 104 cm³/mol. The maximum Gasteiger partial charge on any atom is 0.416 e. The predicted octanol–water partition coefficient (Wildman–Crippen LogP) is 3.50. The third-order valence-corrected chi connectivity index (χ3v) is 4.88. The van der Waals surface area contributed by atoms with Crippen molar-refractivity contribution in [2.45, 2.75) is 31.6 Å². The van der Waals surface area contributed by atoms with Crippen LogP contribution in [0.15, 0.2) is 59.4 Å². The second-order valence-electron chi connectivity index (χ2n) is 7.13. The lowest BCUT2D eigenvalue weighted by molar-refractivity contribution is -0.137. The number of rotatable bonds is 6. The number of carbonyl (C=O) groups excluding carboxylic acids is 1. The molecule has 2 aromatic carbocycles. The third-order valence-electron chi connectivity index (χ3n) is 4.88. The van der Waals surface area contributed by atoms with Gasteiger partial charge in [-0.15, -0.1) is 5.10 Å². The Bertz CT molecular complexity index is 1120. The lowest BCUT2D eigenvalue weighted by Gasteiger charge is -2.09. The van der Waals surface area contributed by atoms with Crippen LogP contribution in [-0.4, -0.2) is 26.8 Å². The van der Waals surface area contributed by atoms with E-state index in [4.69, 9.17) is 0 Å². The highest BCUT2D eigenvalue weighted by atomic mass is 19.4. The third kappa shape index (κ3) is 4.14. The van der Waals surface area contributed by atoms with Gasteiger partial charge in [-0.2, -0.15) is 13.2 Å². The highest BCUT2D eigenvalue weighted by Crippen LogP contribution is 2.37. The molecule has 6 nitrogen and oxygen atoms in total. The highest BCUT2D eigenvalue weighted by molar-refractivity contribution is 5.94. The smallest absolute Gasteiger partial charge is 0.350 e. The van der Waals surface area contributed by atoms with Gasteiger partial charge in [-0.1, -0.05) is 30.3 Å². The van der Waals surface area contributed by atoms with Gasteiger partial charge in [-0.25, -0.2) is 9.48 Å². The molecule has 3 aromatic rings. The summed E-state index contributed by atoms with van der Waals surface area (Å²) in [6.45, 7) is 0.278. The molecule has 30 heavy (non-hydrogen) atoms. The van der Waals surface area contributed by atoms with Crippen molar-refractivity contribution in [3.05, 3.63) is 76.2 Å². The maximum absolute atomic E-state index is 13.1. The first kappa shape index (κ1) is 19.9. The molecule has 9 heteroatoms. The first-order valence-corrected chi connectivity index (χ1v) is 9.55. The summed E-state index contributed by atoms with van der Waals surface area (Å²) in [7, 11) is 0. The van der Waals surface area contributed by atoms with Gasteiger partial charge in [0, 0.05) is 23.7 Å². The van der Waals surface area contributed by atoms with Crippen LogP contribution in [0.4, 0.5) is 13.2 Å². The van der Waals surface area contributed by atoms with Crippen LogP contribution >= 0.6 is 0 Å². The van der Waals surface area contributed by atoms with E-state index in [1.54, 1.807) is 30.3 Å². The fourth-order valence-electron chi connectivity index (χ4n) is 3.23. The number of alkyl halides is 3. The lowest BCUT2D eigenvalue weighted by atomic mass is 10.1. The largest absolute Gasteiger partial charge is 0.416 e. The Labute approximate surface area is 170 Å². The minimum atomic E-state index is -4.48. The van der Waals surface area contributed by atoms with Gasteiger partial charge in [-0.3, -0.25) is 9.36 Å². The first-order chi connectivity index (χ1) is 14.3. The number of benzene rings is 2. The second-order valence-corrected chi connectivity index (χ2v) is 7.13. The molecule has 0 saturated heterocycles. The van der Waals surface area contributed by atoms with Crippen LogP contribution in [0.1, 0.15) is 34.8 Å². The molecule has 0 atom stereocenters. The number of hydrogen-bond donors (Lipinski definition) is 1. The lowest BCUT2D eigenvalue weighted by Crippen LogP contribution is -2.32. The van der Waals surface area contributed by atoms with Crippen LogP contribution in [0.5, 0.6) is 0 Å². The molecule has 1 N–H and O–H groups in total. The second kappa shape index (κ2) is 7.81. The monoisotopic (exact) mass is 416 g/mol. The minimum Gasteiger partial charge on any atom is -0.350 e. The Balaban J connectivity index is 1.56. The highest BCUT2D eigenvalue weighted by Gasteiger charge is 2.33. The number of carbonyl (C=O) groups is 1. The Morgan fingerprint density at radius 1 is 1.10 bits per heavy atom. The van der Waals surface area contributed by atoms with Crippen molar-refractivity contribution in [3.63, 3.8) is 0 Å². The van der Waals surface area contributed by atoms with Crippen molar-refractivity contribution in [3.8, 4) is 11.4 Å². The van der Waals surface area contributed by atoms with Gasteiger partial charge in [0.25, 0.3) is 5.91 Å². The van der Waals surface area contributed by atoms with Crippen LogP contribution in [0, 0.1) is 0 Å². The van der Waals surface area contributed by atoms with Crippen molar-refractivity contribution in [1.29, 1.82) is 0 Å². The Morgan fingerprint density at radius 2 is 1.83 bits per heavy atom. The number of nitrogens with one attached hydrogen (secondary N) is 1. The molecule has 156 valence electrons. The summed E-state index contributed by atoms with van der Waals surface area (Å²) in [6.07, 6.45) is -2.92. The van der Waals surface area contributed by atoms with Crippen LogP contribution in [0.25, 0.3) is 11.4 Å². The molecule has 4 rings (SSSR count). The molecule has 1 aromatic heterocycles. The van der Waals surface area contributed by atoms with Crippen molar-refractivity contribution in [2.75, 3.05) is 6.54 Å². The zero-order chi connectivity index (χ0) is 21.3. The first-order valence-electron chi connectivity index (χ1n) is 9.55. The van der Waals surface area contributed by atoms with Gasteiger partial charge in [-0.05, 0) is 37.1 Å². The molecule has 0 spiro atoms. The van der Waals surface area contributed by atoms with E-state index in [0.717, 1.165) is 25.0 Å². The molecule has 1 saturated carbocycles. The standard InChI is InChI=1S/C21H19F3N4O2/c22-21(23,24)16-8-4-7-15(13-16)18-26-27(20(30)28(18)17-9-10-17)12-11-25-19(29)14-5-2-1-3-6-14/h1-8,13,17H,9-12H2,(H,25,29). The summed E-state index contributed by atoms with van der Waals surface area (Å²) in [6, 6.07) is 13.4. The normalized spacial score (nSPS) is 14.0. The summed E-state index contributed by atoms with van der Waals surface area (Å²) in [4.78, 5) is 24.9. The van der Waals surface area contributed by atoms with E-state index in [0.29, 0.717) is 5.56 Å². The van der Waals surface area contributed by atoms with E-state index in [-0.39, 0.29) is 42.1 Å². The Hall–Kier alpha value is -3.36. The minimum absolute atomic E-state index is 0.0605. The van der Waals surface area contributed by atoms with Crippen molar-refractivity contribution < 1.29 is 18.0 Å². The summed E-state index contributed by atoms with van der Waals surface area (Å²) in [5, 5.41) is 7.00. The van der Waals surface area contributed by atoms with E-state index in [1.807, 2.05) is 0 Å². The molecule has 1 fully saturated rings. The van der Waals surface area contributed by atoms with Crippen LogP contribution < -0.4 is 11.0 Å². The van der Waals surface area contributed by atoms with Crippen LogP contribution in [0.2, 0.25) is 0 Å². The number of amides is 1. The van der Waals surface area contributed by atoms with Crippen molar-refractivity contribution in [2.24, 2.45) is 0 Å². The van der Waals surface area contributed by atoms with Crippen LogP contribution in [0.3, 0.4) is 0 Å². The number of nitrogens with zero attached hydrogens (tertiary/aromatic N) is 3. The topological polar surface area (TPSA) is 68.9 Å². The quantitative estimate of drug-likeness (QED) is 0.669. The Kier molecular flexibility index (Phi) is 5.19. The summed E-state index contributed by atoms with van der Waals surface area (Å²) < 4.78 is 41.9. The zero-order valence-corrected chi connectivity index (χ0v) is 15.9. The van der Waals surface area contributed by atoms with Gasteiger partial charge < -0.3 is 5.32 Å². The molecular weight excluding hydrogens is 397 g/mol. The molecule has 1 amide bonds. The van der Waals surface area contributed by atoms with E-state index in [2.05, 4.69) is 10.4 Å². The average Bonchev–Trinajstić information content (AvgIpc) is 3.52. The molecule has 0 aliphatic heterocycles. The molecule has 0 bridgehead atoms. The molecular formula is C21H19F3N4O2. The molecule has 1 aliphatic carbocycles. The summed E-state index contributed by atoms with van der Waals surface area (Å²) in [5.41, 5.74) is -0.447. The number of halogens is 3. The van der Waals surface area contributed by atoms with E-state index < -0.39 is 11.7 Å². The van der Waals surface area contributed by atoms with E-state index >= 15 is 0 Å².